The molecule has 2 rings (SSSR count). The molecule has 25 heavy (non-hydrogen) atoms. The number of nitrogens with one attached hydrogen (secondary N) is 1. The van der Waals surface area contributed by atoms with Crippen LogP contribution in [0.4, 0.5) is 4.39 Å². The van der Waals surface area contributed by atoms with E-state index >= 15 is 0 Å². The first-order chi connectivity index (χ1) is 11.9. The lowest BCUT2D eigenvalue weighted by atomic mass is 10.0. The number of hydrogen-bond donors (Lipinski definition) is 2. The molecule has 0 saturated carbocycles. The van der Waals surface area contributed by atoms with Gasteiger partial charge in [-0.05, 0) is 24.5 Å². The molecule has 1 aromatic heterocycles. The van der Waals surface area contributed by atoms with Crippen molar-refractivity contribution in [1.82, 2.24) is 10.3 Å². The lowest BCUT2D eigenvalue weighted by Gasteiger charge is -2.16. The zero-order chi connectivity index (χ0) is 18.4. The average molecular weight is 348 g/mol. The van der Waals surface area contributed by atoms with Crippen molar-refractivity contribution in [2.75, 3.05) is 0 Å². The standard InChI is InChI=1S/C18H21FN2O4/c1-11(2)9-14(18(23)24)21-16(22)7-8-17-20-10-15(25-17)12-5-3-4-6-13(12)19/h3-6,10-11,14H,7-9H2,1-2H3,(H,21,22)(H,23,24)/t14-/m1/s1. The van der Waals surface area contributed by atoms with Crippen LogP contribution in [-0.4, -0.2) is 28.0 Å². The lowest BCUT2D eigenvalue weighted by Crippen LogP contribution is -2.41. The molecule has 6 nitrogen and oxygen atoms in total. The Bertz CT molecular complexity index is 742. The Morgan fingerprint density at radius 2 is 2.04 bits per heavy atom. The van der Waals surface area contributed by atoms with E-state index in [1.54, 1.807) is 18.2 Å². The van der Waals surface area contributed by atoms with Gasteiger partial charge in [-0.25, -0.2) is 14.2 Å². The predicted octanol–water partition coefficient (Wildman–Crippen LogP) is 3.03. The third kappa shape index (κ3) is 5.41. The third-order valence-corrected chi connectivity index (χ3v) is 3.60. The van der Waals surface area contributed by atoms with Gasteiger partial charge in [0.25, 0.3) is 0 Å². The molecule has 2 N–H and O–H groups in total. The number of rotatable bonds is 8. The van der Waals surface area contributed by atoms with Crippen LogP contribution in [0.1, 0.15) is 32.6 Å². The minimum atomic E-state index is -1.06. The quantitative estimate of drug-likeness (QED) is 0.765. The fraction of sp³-hybridized carbons (Fsp3) is 0.389. The molecule has 1 heterocycles. The van der Waals surface area contributed by atoms with Crippen molar-refractivity contribution in [2.45, 2.75) is 39.2 Å². The molecule has 1 atom stereocenters. The molecular weight excluding hydrogens is 327 g/mol. The molecule has 134 valence electrons. The van der Waals surface area contributed by atoms with Crippen molar-refractivity contribution >= 4 is 11.9 Å². The minimum absolute atomic E-state index is 0.0408. The topological polar surface area (TPSA) is 92.4 Å². The molecule has 1 aromatic carbocycles. The summed E-state index contributed by atoms with van der Waals surface area (Å²) >= 11 is 0. The number of hydrogen-bond acceptors (Lipinski definition) is 4. The van der Waals surface area contributed by atoms with Gasteiger partial charge in [0.2, 0.25) is 5.91 Å². The van der Waals surface area contributed by atoms with Crippen LogP contribution in [-0.2, 0) is 16.0 Å². The van der Waals surface area contributed by atoms with Crippen LogP contribution < -0.4 is 5.32 Å². The number of halogens is 1. The summed E-state index contributed by atoms with van der Waals surface area (Å²) in [6.45, 7) is 3.78. The zero-order valence-electron chi connectivity index (χ0n) is 14.2. The second kappa shape index (κ2) is 8.41. The summed E-state index contributed by atoms with van der Waals surface area (Å²) in [4.78, 5) is 27.1. The summed E-state index contributed by atoms with van der Waals surface area (Å²) in [7, 11) is 0. The summed E-state index contributed by atoms with van der Waals surface area (Å²) in [5.74, 6) is -1.13. The van der Waals surface area contributed by atoms with Gasteiger partial charge < -0.3 is 14.8 Å². The van der Waals surface area contributed by atoms with E-state index in [9.17, 15) is 14.0 Å². The fourth-order valence-electron chi connectivity index (χ4n) is 2.39. The molecule has 7 heteroatoms. The van der Waals surface area contributed by atoms with E-state index in [0.29, 0.717) is 17.9 Å². The highest BCUT2D eigenvalue weighted by atomic mass is 19.1. The van der Waals surface area contributed by atoms with Crippen LogP contribution >= 0.6 is 0 Å². The molecule has 0 unspecified atom stereocenters. The van der Waals surface area contributed by atoms with Crippen molar-refractivity contribution in [3.05, 3.63) is 42.2 Å². The maximum absolute atomic E-state index is 13.7. The Balaban J connectivity index is 1.92. The Kier molecular flexibility index (Phi) is 6.27. The number of carbonyl (C=O) groups excluding carboxylic acids is 1. The summed E-state index contributed by atoms with van der Waals surface area (Å²) < 4.78 is 19.2. The minimum Gasteiger partial charge on any atom is -0.480 e. The van der Waals surface area contributed by atoms with Crippen molar-refractivity contribution < 1.29 is 23.5 Å². The molecule has 0 fully saturated rings. The average Bonchev–Trinajstić information content (AvgIpc) is 3.01. The van der Waals surface area contributed by atoms with E-state index < -0.39 is 23.7 Å². The van der Waals surface area contributed by atoms with E-state index in [4.69, 9.17) is 9.52 Å². The maximum atomic E-state index is 13.7. The van der Waals surface area contributed by atoms with Crippen LogP contribution in [0.15, 0.2) is 34.9 Å². The molecule has 0 radical (unpaired) electrons. The normalized spacial score (nSPS) is 12.2. The summed E-state index contributed by atoms with van der Waals surface area (Å²) in [5, 5.41) is 11.6. The lowest BCUT2D eigenvalue weighted by molar-refractivity contribution is -0.142. The predicted molar refractivity (Wildman–Crippen MR) is 89.2 cm³/mol. The molecule has 0 saturated heterocycles. The number of carbonyl (C=O) groups is 2. The summed E-state index contributed by atoms with van der Waals surface area (Å²) in [6.07, 6.45) is 2.01. The van der Waals surface area contributed by atoms with Gasteiger partial charge in [-0.3, -0.25) is 4.79 Å². The number of carboxylic acids is 1. The number of aliphatic carboxylic acids is 1. The van der Waals surface area contributed by atoms with Gasteiger partial charge in [0.15, 0.2) is 11.7 Å². The molecule has 0 spiro atoms. The van der Waals surface area contributed by atoms with Crippen LogP contribution in [0.5, 0.6) is 0 Å². The zero-order valence-corrected chi connectivity index (χ0v) is 14.2. The van der Waals surface area contributed by atoms with Crippen LogP contribution in [0.2, 0.25) is 0 Å². The van der Waals surface area contributed by atoms with Crippen molar-refractivity contribution in [3.8, 4) is 11.3 Å². The first-order valence-corrected chi connectivity index (χ1v) is 8.08. The number of benzene rings is 1. The Morgan fingerprint density at radius 3 is 2.68 bits per heavy atom. The molecule has 0 aliphatic heterocycles. The molecule has 2 aromatic rings. The summed E-state index contributed by atoms with van der Waals surface area (Å²) in [5.41, 5.74) is 0.300. The Morgan fingerprint density at radius 1 is 1.32 bits per heavy atom. The van der Waals surface area contributed by atoms with Gasteiger partial charge in [-0.2, -0.15) is 0 Å². The number of oxazole rings is 1. The van der Waals surface area contributed by atoms with Crippen LogP contribution in [0.3, 0.4) is 0 Å². The van der Waals surface area contributed by atoms with Gasteiger partial charge in [-0.15, -0.1) is 0 Å². The van der Waals surface area contributed by atoms with Crippen molar-refractivity contribution in [2.24, 2.45) is 5.92 Å². The highest BCUT2D eigenvalue weighted by Crippen LogP contribution is 2.23. The van der Waals surface area contributed by atoms with Gasteiger partial charge in [0.1, 0.15) is 11.9 Å². The van der Waals surface area contributed by atoms with E-state index in [-0.39, 0.29) is 24.5 Å². The second-order valence-corrected chi connectivity index (χ2v) is 6.19. The maximum Gasteiger partial charge on any atom is 0.326 e. The van der Waals surface area contributed by atoms with E-state index in [2.05, 4.69) is 10.3 Å². The first-order valence-electron chi connectivity index (χ1n) is 8.08. The van der Waals surface area contributed by atoms with E-state index in [1.165, 1.54) is 12.3 Å². The molecular formula is C18H21FN2O4. The fourth-order valence-corrected chi connectivity index (χ4v) is 2.39. The van der Waals surface area contributed by atoms with E-state index in [0.717, 1.165) is 0 Å². The highest BCUT2D eigenvalue weighted by Gasteiger charge is 2.21. The van der Waals surface area contributed by atoms with Gasteiger partial charge in [0, 0.05) is 12.8 Å². The van der Waals surface area contributed by atoms with Gasteiger partial charge >= 0.3 is 5.97 Å². The van der Waals surface area contributed by atoms with Gasteiger partial charge in [0.05, 0.1) is 11.8 Å². The first kappa shape index (κ1) is 18.6. The number of aromatic nitrogens is 1. The number of nitrogens with zero attached hydrogens (tertiary/aromatic N) is 1. The molecule has 1 amide bonds. The third-order valence-electron chi connectivity index (χ3n) is 3.60. The highest BCUT2D eigenvalue weighted by molar-refractivity contribution is 5.83. The second-order valence-electron chi connectivity index (χ2n) is 6.19. The van der Waals surface area contributed by atoms with Crippen molar-refractivity contribution in [3.63, 3.8) is 0 Å². The van der Waals surface area contributed by atoms with Crippen LogP contribution in [0.25, 0.3) is 11.3 Å². The van der Waals surface area contributed by atoms with Crippen LogP contribution in [0, 0.1) is 11.7 Å². The SMILES string of the molecule is CC(C)C[C@@H](NC(=O)CCc1ncc(-c2ccccc2F)o1)C(=O)O. The van der Waals surface area contributed by atoms with Gasteiger partial charge in [-0.1, -0.05) is 26.0 Å². The molecule has 0 aliphatic rings. The number of amides is 1. The molecule has 0 bridgehead atoms. The monoisotopic (exact) mass is 348 g/mol. The van der Waals surface area contributed by atoms with Crippen molar-refractivity contribution in [1.29, 1.82) is 0 Å². The Labute approximate surface area is 145 Å². The smallest absolute Gasteiger partial charge is 0.326 e. The van der Waals surface area contributed by atoms with E-state index in [1.807, 2.05) is 13.8 Å². The Hall–Kier alpha value is -2.70. The number of aryl methyl sites for hydroxylation is 1. The number of carboxylic acid groups (broad SMARTS) is 1. The summed E-state index contributed by atoms with van der Waals surface area (Å²) in [6, 6.07) is 5.26. The molecule has 0 aliphatic carbocycles. The largest absolute Gasteiger partial charge is 0.480 e.